The molecule has 1 saturated carbocycles. The normalized spacial score (nSPS) is 16.6. The molecule has 2 aliphatic rings. The minimum Gasteiger partial charge on any atom is -0.377 e. The highest BCUT2D eigenvalue weighted by Crippen LogP contribution is 2.32. The lowest BCUT2D eigenvalue weighted by molar-refractivity contribution is -0.384. The number of nitrogens with one attached hydrogen (secondary N) is 1. The van der Waals surface area contributed by atoms with Crippen molar-refractivity contribution >= 4 is 22.9 Å². The molecule has 27 heavy (non-hydrogen) atoms. The summed E-state index contributed by atoms with van der Waals surface area (Å²) in [6.07, 6.45) is 4.90. The van der Waals surface area contributed by atoms with Crippen molar-refractivity contribution in [3.63, 3.8) is 0 Å². The Morgan fingerprint density at radius 2 is 1.93 bits per heavy atom. The maximum Gasteiger partial charge on any atom is 0.293 e. The molecule has 1 fully saturated rings. The van der Waals surface area contributed by atoms with Crippen LogP contribution in [-0.4, -0.2) is 34.9 Å². The second-order valence-electron chi connectivity index (χ2n) is 7.00. The van der Waals surface area contributed by atoms with E-state index in [1.807, 2.05) is 18.2 Å². The zero-order valence-electron chi connectivity index (χ0n) is 14.9. The SMILES string of the molecule is O=C(c1ccc(NC2CC2)c([N+](=O)[O-])c1)N1CC=C(c2ccccc2)CC1. The van der Waals surface area contributed by atoms with Crippen LogP contribution in [0.5, 0.6) is 0 Å². The number of hydrogen-bond acceptors (Lipinski definition) is 4. The molecule has 0 unspecified atom stereocenters. The van der Waals surface area contributed by atoms with E-state index in [9.17, 15) is 14.9 Å². The van der Waals surface area contributed by atoms with Gasteiger partial charge in [-0.15, -0.1) is 0 Å². The van der Waals surface area contributed by atoms with E-state index in [0.29, 0.717) is 30.4 Å². The van der Waals surface area contributed by atoms with Gasteiger partial charge in [-0.2, -0.15) is 0 Å². The molecule has 0 radical (unpaired) electrons. The Bertz CT molecular complexity index is 904. The van der Waals surface area contributed by atoms with Crippen LogP contribution in [0.25, 0.3) is 5.57 Å². The summed E-state index contributed by atoms with van der Waals surface area (Å²) in [7, 11) is 0. The molecule has 1 heterocycles. The molecule has 0 spiro atoms. The Morgan fingerprint density at radius 1 is 1.15 bits per heavy atom. The summed E-state index contributed by atoms with van der Waals surface area (Å²) in [4.78, 5) is 25.5. The lowest BCUT2D eigenvalue weighted by Crippen LogP contribution is -2.34. The van der Waals surface area contributed by atoms with Gasteiger partial charge in [-0.05, 0) is 42.5 Å². The number of anilines is 1. The van der Waals surface area contributed by atoms with E-state index in [1.54, 1.807) is 17.0 Å². The average molecular weight is 363 g/mol. The van der Waals surface area contributed by atoms with Crippen molar-refractivity contribution < 1.29 is 9.72 Å². The molecule has 0 aromatic heterocycles. The van der Waals surface area contributed by atoms with Crippen molar-refractivity contribution in [1.82, 2.24) is 4.90 Å². The van der Waals surface area contributed by atoms with E-state index in [-0.39, 0.29) is 11.6 Å². The molecule has 6 nitrogen and oxygen atoms in total. The van der Waals surface area contributed by atoms with Crippen LogP contribution in [-0.2, 0) is 0 Å². The Kier molecular flexibility index (Phi) is 4.62. The topological polar surface area (TPSA) is 75.5 Å². The van der Waals surface area contributed by atoms with Gasteiger partial charge in [-0.1, -0.05) is 36.4 Å². The maximum absolute atomic E-state index is 12.8. The highest BCUT2D eigenvalue weighted by atomic mass is 16.6. The molecule has 2 aromatic carbocycles. The molecule has 1 aliphatic heterocycles. The fraction of sp³-hybridized carbons (Fsp3) is 0.286. The van der Waals surface area contributed by atoms with Crippen molar-refractivity contribution in [1.29, 1.82) is 0 Å². The van der Waals surface area contributed by atoms with Crippen molar-refractivity contribution in [3.8, 4) is 0 Å². The van der Waals surface area contributed by atoms with E-state index >= 15 is 0 Å². The number of nitro groups is 1. The molecular weight excluding hydrogens is 342 g/mol. The largest absolute Gasteiger partial charge is 0.377 e. The van der Waals surface area contributed by atoms with Crippen LogP contribution in [0.1, 0.15) is 35.2 Å². The summed E-state index contributed by atoms with van der Waals surface area (Å²) in [5.41, 5.74) is 3.22. The van der Waals surface area contributed by atoms with Gasteiger partial charge in [0.15, 0.2) is 0 Å². The third-order valence-electron chi connectivity index (χ3n) is 5.02. The van der Waals surface area contributed by atoms with Crippen LogP contribution in [0, 0.1) is 10.1 Å². The molecule has 0 atom stereocenters. The van der Waals surface area contributed by atoms with Gasteiger partial charge in [0.2, 0.25) is 0 Å². The Hall–Kier alpha value is -3.15. The molecule has 138 valence electrons. The fourth-order valence-corrected chi connectivity index (χ4v) is 3.34. The molecule has 6 heteroatoms. The van der Waals surface area contributed by atoms with Crippen LogP contribution in [0.15, 0.2) is 54.6 Å². The van der Waals surface area contributed by atoms with Gasteiger partial charge >= 0.3 is 0 Å². The van der Waals surface area contributed by atoms with Crippen molar-refractivity contribution in [3.05, 3.63) is 75.8 Å². The summed E-state index contributed by atoms with van der Waals surface area (Å²) in [6.45, 7) is 1.12. The van der Waals surface area contributed by atoms with Crippen molar-refractivity contribution in [2.75, 3.05) is 18.4 Å². The predicted molar refractivity (Wildman–Crippen MR) is 105 cm³/mol. The van der Waals surface area contributed by atoms with Gasteiger partial charge < -0.3 is 10.2 Å². The van der Waals surface area contributed by atoms with Gasteiger partial charge in [0, 0.05) is 30.8 Å². The molecule has 1 aliphatic carbocycles. The zero-order valence-corrected chi connectivity index (χ0v) is 14.9. The number of hydrogen-bond donors (Lipinski definition) is 1. The molecule has 0 bridgehead atoms. The van der Waals surface area contributed by atoms with Crippen LogP contribution in [0.2, 0.25) is 0 Å². The molecule has 0 saturated heterocycles. The second kappa shape index (κ2) is 7.23. The van der Waals surface area contributed by atoms with Crippen LogP contribution >= 0.6 is 0 Å². The first-order chi connectivity index (χ1) is 13.1. The number of carbonyl (C=O) groups excluding carboxylic acids is 1. The number of nitro benzene ring substituents is 1. The molecule has 1 N–H and O–H groups in total. The minimum absolute atomic E-state index is 0.0368. The first-order valence-electron chi connectivity index (χ1n) is 9.20. The van der Waals surface area contributed by atoms with E-state index in [0.717, 1.165) is 19.3 Å². The third-order valence-corrected chi connectivity index (χ3v) is 5.02. The summed E-state index contributed by atoms with van der Waals surface area (Å²) >= 11 is 0. The first kappa shape index (κ1) is 17.3. The van der Waals surface area contributed by atoms with Crippen molar-refractivity contribution in [2.45, 2.75) is 25.3 Å². The standard InChI is InChI=1S/C21H21N3O3/c25-21(23-12-10-16(11-13-23)15-4-2-1-3-5-15)17-6-9-19(22-18-7-8-18)20(14-17)24(26)27/h1-6,9-10,14,18,22H,7-8,11-13H2. The summed E-state index contributed by atoms with van der Waals surface area (Å²) in [5.74, 6) is -0.167. The highest BCUT2D eigenvalue weighted by Gasteiger charge is 2.27. The van der Waals surface area contributed by atoms with Gasteiger partial charge in [-0.3, -0.25) is 14.9 Å². The Balaban J connectivity index is 1.50. The average Bonchev–Trinajstić information content (AvgIpc) is 3.52. The van der Waals surface area contributed by atoms with Crippen LogP contribution in [0.3, 0.4) is 0 Å². The lowest BCUT2D eigenvalue weighted by atomic mass is 9.99. The first-order valence-corrected chi connectivity index (χ1v) is 9.20. The Labute approximate surface area is 157 Å². The molecule has 1 amide bonds. The summed E-state index contributed by atoms with van der Waals surface area (Å²) in [6, 6.07) is 15.2. The van der Waals surface area contributed by atoms with Gasteiger partial charge in [0.1, 0.15) is 5.69 Å². The maximum atomic E-state index is 12.8. The predicted octanol–water partition coefficient (Wildman–Crippen LogP) is 4.10. The van der Waals surface area contributed by atoms with Crippen LogP contribution in [0.4, 0.5) is 11.4 Å². The third kappa shape index (κ3) is 3.84. The monoisotopic (exact) mass is 363 g/mol. The second-order valence-corrected chi connectivity index (χ2v) is 7.00. The van der Waals surface area contributed by atoms with E-state index in [1.165, 1.54) is 17.2 Å². The Morgan fingerprint density at radius 3 is 2.56 bits per heavy atom. The molecule has 2 aromatic rings. The van der Waals surface area contributed by atoms with E-state index in [2.05, 4.69) is 23.5 Å². The zero-order chi connectivity index (χ0) is 18.8. The smallest absolute Gasteiger partial charge is 0.293 e. The van der Waals surface area contributed by atoms with Gasteiger partial charge in [0.05, 0.1) is 4.92 Å². The van der Waals surface area contributed by atoms with E-state index in [4.69, 9.17) is 0 Å². The van der Waals surface area contributed by atoms with Crippen molar-refractivity contribution in [2.24, 2.45) is 0 Å². The van der Waals surface area contributed by atoms with E-state index < -0.39 is 4.92 Å². The highest BCUT2D eigenvalue weighted by molar-refractivity contribution is 5.96. The summed E-state index contributed by atoms with van der Waals surface area (Å²) < 4.78 is 0. The minimum atomic E-state index is -0.425. The quantitative estimate of drug-likeness (QED) is 0.641. The summed E-state index contributed by atoms with van der Waals surface area (Å²) in [5, 5.41) is 14.6. The van der Waals surface area contributed by atoms with Crippen LogP contribution < -0.4 is 5.32 Å². The number of benzene rings is 2. The van der Waals surface area contributed by atoms with Gasteiger partial charge in [-0.25, -0.2) is 0 Å². The number of carbonyl (C=O) groups is 1. The number of nitrogens with zero attached hydrogens (tertiary/aromatic N) is 2. The lowest BCUT2D eigenvalue weighted by Gasteiger charge is -2.27. The molecule has 4 rings (SSSR count). The molecular formula is C21H21N3O3. The fourth-order valence-electron chi connectivity index (χ4n) is 3.34. The number of rotatable bonds is 5. The van der Waals surface area contributed by atoms with Gasteiger partial charge in [0.25, 0.3) is 11.6 Å². The number of amides is 1.